The van der Waals surface area contributed by atoms with E-state index in [-0.39, 0.29) is 5.54 Å². The summed E-state index contributed by atoms with van der Waals surface area (Å²) in [4.78, 5) is 12.6. The van der Waals surface area contributed by atoms with Crippen LogP contribution in [0.5, 0.6) is 6.01 Å². The Hall–Kier alpha value is -1.85. The fourth-order valence-corrected chi connectivity index (χ4v) is 1.18. The molecule has 0 saturated carbocycles. The van der Waals surface area contributed by atoms with Crippen molar-refractivity contribution in [1.29, 1.82) is 0 Å². The van der Waals surface area contributed by atoms with Gasteiger partial charge in [0.25, 0.3) is 0 Å². The van der Waals surface area contributed by atoms with Gasteiger partial charge in [-0.05, 0) is 27.7 Å². The van der Waals surface area contributed by atoms with E-state index in [2.05, 4.69) is 32.2 Å². The molecule has 1 aromatic heterocycles. The summed E-state index contributed by atoms with van der Waals surface area (Å²) in [5, 5.41) is 6.21. The van der Waals surface area contributed by atoms with Gasteiger partial charge in [-0.25, -0.2) is 0 Å². The summed E-state index contributed by atoms with van der Waals surface area (Å²) in [6.45, 7) is 12.7. The zero-order valence-corrected chi connectivity index (χ0v) is 11.4. The number of rotatable bonds is 6. The molecule has 18 heavy (non-hydrogen) atoms. The van der Waals surface area contributed by atoms with Crippen molar-refractivity contribution in [2.45, 2.75) is 33.2 Å². The molecule has 2 N–H and O–H groups in total. The number of hydrogen-bond acceptors (Lipinski definition) is 6. The molecule has 0 radical (unpaired) electrons. The molecule has 0 amide bonds. The van der Waals surface area contributed by atoms with Crippen LogP contribution < -0.4 is 15.4 Å². The van der Waals surface area contributed by atoms with Crippen LogP contribution in [0.25, 0.3) is 0 Å². The number of ether oxygens (including phenoxy) is 1. The first-order chi connectivity index (χ1) is 8.44. The van der Waals surface area contributed by atoms with Crippen molar-refractivity contribution in [2.75, 3.05) is 23.8 Å². The predicted molar refractivity (Wildman–Crippen MR) is 73.1 cm³/mol. The second-order valence-electron chi connectivity index (χ2n) is 4.74. The number of nitrogens with zero attached hydrogens (tertiary/aromatic N) is 3. The average molecular weight is 251 g/mol. The van der Waals surface area contributed by atoms with Gasteiger partial charge in [-0.2, -0.15) is 15.0 Å². The largest absolute Gasteiger partial charge is 0.464 e. The Morgan fingerprint density at radius 2 is 1.89 bits per heavy atom. The molecule has 0 aliphatic carbocycles. The third-order valence-electron chi connectivity index (χ3n) is 1.78. The second kappa shape index (κ2) is 6.18. The molecule has 0 spiro atoms. The molecule has 6 heteroatoms. The quantitative estimate of drug-likeness (QED) is 0.754. The fraction of sp³-hybridized carbons (Fsp3) is 0.583. The average Bonchev–Trinajstić information content (AvgIpc) is 2.24. The summed E-state index contributed by atoms with van der Waals surface area (Å²) in [5.41, 5.74) is -0.124. The zero-order valence-electron chi connectivity index (χ0n) is 11.4. The van der Waals surface area contributed by atoms with Gasteiger partial charge in [0.15, 0.2) is 0 Å². The summed E-state index contributed by atoms with van der Waals surface area (Å²) in [7, 11) is 0. The lowest BCUT2D eigenvalue weighted by Crippen LogP contribution is -2.27. The van der Waals surface area contributed by atoms with Crippen LogP contribution in [0.15, 0.2) is 12.7 Å². The van der Waals surface area contributed by atoms with Crippen molar-refractivity contribution in [3.05, 3.63) is 12.7 Å². The Morgan fingerprint density at radius 3 is 2.44 bits per heavy atom. The van der Waals surface area contributed by atoms with Crippen LogP contribution in [0.3, 0.4) is 0 Å². The highest BCUT2D eigenvalue weighted by Crippen LogP contribution is 2.15. The molecule has 100 valence electrons. The Kier molecular flexibility index (Phi) is 4.88. The summed E-state index contributed by atoms with van der Waals surface area (Å²) in [6.07, 6.45) is 1.74. The topological polar surface area (TPSA) is 72.0 Å². The summed E-state index contributed by atoms with van der Waals surface area (Å²) < 4.78 is 5.31. The van der Waals surface area contributed by atoms with Crippen molar-refractivity contribution in [3.8, 4) is 6.01 Å². The van der Waals surface area contributed by atoms with Gasteiger partial charge >= 0.3 is 6.01 Å². The van der Waals surface area contributed by atoms with Gasteiger partial charge in [-0.3, -0.25) is 0 Å². The Morgan fingerprint density at radius 1 is 1.22 bits per heavy atom. The maximum absolute atomic E-state index is 5.31. The molecule has 0 bridgehead atoms. The van der Waals surface area contributed by atoms with Gasteiger partial charge in [0, 0.05) is 12.1 Å². The number of anilines is 2. The van der Waals surface area contributed by atoms with Crippen molar-refractivity contribution >= 4 is 11.9 Å². The van der Waals surface area contributed by atoms with E-state index in [1.54, 1.807) is 6.08 Å². The van der Waals surface area contributed by atoms with E-state index in [1.165, 1.54) is 0 Å². The molecule has 1 heterocycles. The highest BCUT2D eigenvalue weighted by atomic mass is 16.5. The third-order valence-corrected chi connectivity index (χ3v) is 1.78. The molecular weight excluding hydrogens is 230 g/mol. The van der Waals surface area contributed by atoms with Crippen molar-refractivity contribution in [3.63, 3.8) is 0 Å². The van der Waals surface area contributed by atoms with Crippen LogP contribution >= 0.6 is 0 Å². The van der Waals surface area contributed by atoms with E-state index >= 15 is 0 Å². The van der Waals surface area contributed by atoms with Crippen LogP contribution in [-0.2, 0) is 0 Å². The van der Waals surface area contributed by atoms with E-state index in [9.17, 15) is 0 Å². The monoisotopic (exact) mass is 251 g/mol. The first-order valence-corrected chi connectivity index (χ1v) is 5.96. The molecule has 1 rings (SSSR count). The van der Waals surface area contributed by atoms with Crippen molar-refractivity contribution in [1.82, 2.24) is 15.0 Å². The molecule has 0 fully saturated rings. The van der Waals surface area contributed by atoms with Crippen LogP contribution in [0.2, 0.25) is 0 Å². The van der Waals surface area contributed by atoms with Gasteiger partial charge < -0.3 is 15.4 Å². The summed E-state index contributed by atoms with van der Waals surface area (Å²) in [6, 6.07) is 0.311. The normalized spacial score (nSPS) is 10.9. The van der Waals surface area contributed by atoms with E-state index in [4.69, 9.17) is 4.74 Å². The molecular formula is C12H21N5O. The predicted octanol–water partition coefficient (Wildman–Crippen LogP) is 2.08. The molecule has 1 aromatic rings. The van der Waals surface area contributed by atoms with E-state index in [0.29, 0.717) is 31.1 Å². The van der Waals surface area contributed by atoms with E-state index < -0.39 is 0 Å². The smallest absolute Gasteiger partial charge is 0.323 e. The lowest BCUT2D eigenvalue weighted by molar-refractivity contribution is 0.312. The Balaban J connectivity index is 2.93. The third kappa shape index (κ3) is 4.99. The lowest BCUT2D eigenvalue weighted by Gasteiger charge is -2.20. The van der Waals surface area contributed by atoms with Gasteiger partial charge in [0.05, 0.1) is 6.61 Å². The van der Waals surface area contributed by atoms with Gasteiger partial charge in [0.1, 0.15) is 0 Å². The minimum atomic E-state index is -0.124. The maximum atomic E-state index is 5.31. The molecule has 0 aromatic carbocycles. The maximum Gasteiger partial charge on any atom is 0.323 e. The van der Waals surface area contributed by atoms with Crippen LogP contribution in [0, 0.1) is 0 Å². The first kappa shape index (κ1) is 14.2. The summed E-state index contributed by atoms with van der Waals surface area (Å²) >= 11 is 0. The number of nitrogens with one attached hydrogen (secondary N) is 2. The molecule has 6 nitrogen and oxygen atoms in total. The highest BCUT2D eigenvalue weighted by Gasteiger charge is 2.14. The number of aromatic nitrogens is 3. The molecule has 0 aliphatic rings. The fourth-order valence-electron chi connectivity index (χ4n) is 1.18. The first-order valence-electron chi connectivity index (χ1n) is 5.96. The molecule has 0 saturated heterocycles. The van der Waals surface area contributed by atoms with Crippen molar-refractivity contribution in [2.24, 2.45) is 0 Å². The standard InChI is InChI=1S/C12H21N5O/c1-6-8-13-9-14-10(17-12(3,4)5)16-11(15-9)18-7-2/h6H,1,7-8H2,2-5H3,(H2,13,14,15,16,17). The SMILES string of the molecule is C=CCNc1nc(NC(C)(C)C)nc(OCC)n1. The highest BCUT2D eigenvalue weighted by molar-refractivity contribution is 5.37. The zero-order chi connectivity index (χ0) is 13.6. The van der Waals surface area contributed by atoms with Crippen LogP contribution in [0.4, 0.5) is 11.9 Å². The molecule has 0 unspecified atom stereocenters. The minimum Gasteiger partial charge on any atom is -0.464 e. The van der Waals surface area contributed by atoms with E-state index in [1.807, 2.05) is 27.7 Å². The lowest BCUT2D eigenvalue weighted by atomic mass is 10.1. The Bertz CT molecular complexity index is 400. The van der Waals surface area contributed by atoms with E-state index in [0.717, 1.165) is 0 Å². The van der Waals surface area contributed by atoms with Gasteiger partial charge in [-0.15, -0.1) is 6.58 Å². The van der Waals surface area contributed by atoms with Crippen LogP contribution in [-0.4, -0.2) is 33.6 Å². The molecule has 0 atom stereocenters. The second-order valence-corrected chi connectivity index (χ2v) is 4.74. The van der Waals surface area contributed by atoms with Crippen LogP contribution in [0.1, 0.15) is 27.7 Å². The van der Waals surface area contributed by atoms with Crippen molar-refractivity contribution < 1.29 is 4.74 Å². The molecule has 0 aliphatic heterocycles. The van der Waals surface area contributed by atoms with Gasteiger partial charge in [0.2, 0.25) is 11.9 Å². The summed E-state index contributed by atoms with van der Waals surface area (Å²) in [5.74, 6) is 0.965. The number of hydrogen-bond donors (Lipinski definition) is 2. The van der Waals surface area contributed by atoms with Gasteiger partial charge in [-0.1, -0.05) is 6.08 Å². The minimum absolute atomic E-state index is 0.124. The Labute approximate surface area is 108 Å².